The summed E-state index contributed by atoms with van der Waals surface area (Å²) in [7, 11) is 0. The Balaban J connectivity index is 2.01. The maximum Gasteiger partial charge on any atom is 0.260 e. The van der Waals surface area contributed by atoms with Gasteiger partial charge in [-0.1, -0.05) is 49.5 Å². The molecule has 2 aromatic rings. The third-order valence-electron chi connectivity index (χ3n) is 4.25. The average Bonchev–Trinajstić information content (AvgIpc) is 2.87. The van der Waals surface area contributed by atoms with Gasteiger partial charge in [-0.2, -0.15) is 0 Å². The van der Waals surface area contributed by atoms with E-state index in [4.69, 9.17) is 17.2 Å². The molecular formula is C19H17FN2OS. The van der Waals surface area contributed by atoms with E-state index in [9.17, 15) is 9.18 Å². The van der Waals surface area contributed by atoms with Gasteiger partial charge >= 0.3 is 0 Å². The maximum absolute atomic E-state index is 13.1. The Hall–Kier alpha value is -2.40. The highest BCUT2D eigenvalue weighted by molar-refractivity contribution is 7.82. The predicted molar refractivity (Wildman–Crippen MR) is 96.8 cm³/mol. The van der Waals surface area contributed by atoms with E-state index in [0.29, 0.717) is 22.7 Å². The lowest BCUT2D eigenvalue weighted by atomic mass is 10.1. The molecule has 1 unspecified atom stereocenters. The molecule has 1 aliphatic rings. The van der Waals surface area contributed by atoms with Crippen molar-refractivity contribution in [3.8, 4) is 0 Å². The van der Waals surface area contributed by atoms with Gasteiger partial charge in [0.15, 0.2) is 0 Å². The molecule has 0 spiro atoms. The average molecular weight is 340 g/mol. The van der Waals surface area contributed by atoms with E-state index < -0.39 is 5.66 Å². The fourth-order valence-corrected chi connectivity index (χ4v) is 3.16. The number of carbonyl (C=O) groups excluding carboxylic acids is 1. The first-order chi connectivity index (χ1) is 11.5. The maximum atomic E-state index is 13.1. The molecule has 0 radical (unpaired) electrons. The first-order valence-corrected chi connectivity index (χ1v) is 8.17. The zero-order chi connectivity index (χ0) is 17.3. The van der Waals surface area contributed by atoms with Crippen LogP contribution in [0.25, 0.3) is 0 Å². The van der Waals surface area contributed by atoms with Crippen LogP contribution >= 0.6 is 12.2 Å². The van der Waals surface area contributed by atoms with Crippen molar-refractivity contribution in [3.63, 3.8) is 0 Å². The highest BCUT2D eigenvalue weighted by Gasteiger charge is 2.44. The van der Waals surface area contributed by atoms with E-state index in [-0.39, 0.29) is 11.7 Å². The Kier molecular flexibility index (Phi) is 4.28. The van der Waals surface area contributed by atoms with Crippen LogP contribution < -0.4 is 0 Å². The zero-order valence-corrected chi connectivity index (χ0v) is 14.3. The van der Waals surface area contributed by atoms with E-state index in [1.54, 1.807) is 0 Å². The molecule has 2 aromatic carbocycles. The Morgan fingerprint density at radius 3 is 2.38 bits per heavy atom. The molecular weight excluding hydrogens is 323 g/mol. The van der Waals surface area contributed by atoms with Crippen molar-refractivity contribution in [2.45, 2.75) is 25.9 Å². The lowest BCUT2D eigenvalue weighted by Crippen LogP contribution is -2.47. The molecule has 5 heteroatoms. The number of carbonyl (C=O) groups is 1. The van der Waals surface area contributed by atoms with Crippen LogP contribution in [-0.4, -0.2) is 27.2 Å². The van der Waals surface area contributed by atoms with E-state index >= 15 is 0 Å². The molecule has 0 aliphatic carbocycles. The minimum absolute atomic E-state index is 0.265. The number of amides is 1. The predicted octanol–water partition coefficient (Wildman–Crippen LogP) is 4.22. The first-order valence-electron chi connectivity index (χ1n) is 7.76. The van der Waals surface area contributed by atoms with Crippen LogP contribution in [0.15, 0.2) is 59.6 Å². The molecule has 1 amide bonds. The summed E-state index contributed by atoms with van der Waals surface area (Å²) < 4.78 is 13.1. The monoisotopic (exact) mass is 340 g/mol. The minimum Gasteiger partial charge on any atom is -0.272 e. The van der Waals surface area contributed by atoms with Gasteiger partial charge in [0, 0.05) is 11.1 Å². The van der Waals surface area contributed by atoms with E-state index in [1.807, 2.05) is 44.2 Å². The van der Waals surface area contributed by atoms with Gasteiger partial charge in [0.05, 0.1) is 0 Å². The van der Waals surface area contributed by atoms with Crippen molar-refractivity contribution in [2.24, 2.45) is 4.99 Å². The molecule has 1 atom stereocenters. The second-order valence-electron chi connectivity index (χ2n) is 5.85. The summed E-state index contributed by atoms with van der Waals surface area (Å²) >= 11 is 5.56. The molecule has 0 N–H and O–H groups in total. The quantitative estimate of drug-likeness (QED) is 0.784. The molecule has 0 bridgehead atoms. The zero-order valence-electron chi connectivity index (χ0n) is 13.5. The van der Waals surface area contributed by atoms with Gasteiger partial charge in [0.25, 0.3) is 5.91 Å². The van der Waals surface area contributed by atoms with Crippen LogP contribution in [0.1, 0.15) is 36.2 Å². The molecule has 1 heterocycles. The van der Waals surface area contributed by atoms with Crippen molar-refractivity contribution in [1.82, 2.24) is 4.90 Å². The van der Waals surface area contributed by atoms with Crippen LogP contribution in [0.4, 0.5) is 4.39 Å². The fourth-order valence-electron chi connectivity index (χ4n) is 2.72. The Bertz CT molecular complexity index is 817. The van der Waals surface area contributed by atoms with E-state index in [0.717, 1.165) is 5.56 Å². The van der Waals surface area contributed by atoms with Gasteiger partial charge in [-0.05, 0) is 37.6 Å². The molecule has 0 aromatic heterocycles. The van der Waals surface area contributed by atoms with Crippen molar-refractivity contribution in [3.05, 3.63) is 71.5 Å². The minimum atomic E-state index is -0.742. The summed E-state index contributed by atoms with van der Waals surface area (Å²) in [4.78, 5) is 19.6. The summed E-state index contributed by atoms with van der Waals surface area (Å²) in [6.45, 7) is 3.85. The van der Waals surface area contributed by atoms with Gasteiger partial charge in [0.1, 0.15) is 22.2 Å². The number of halogens is 1. The molecule has 0 saturated carbocycles. The first kappa shape index (κ1) is 16.5. The van der Waals surface area contributed by atoms with Crippen LogP contribution in [0, 0.1) is 5.82 Å². The largest absolute Gasteiger partial charge is 0.272 e. The topological polar surface area (TPSA) is 32.7 Å². The Morgan fingerprint density at radius 1 is 1.17 bits per heavy atom. The SMILES string of the molecule is CCC1(C)N=C(c2ccccc2)C(=S)N1C(=O)c1ccc(F)cc1. The van der Waals surface area contributed by atoms with Gasteiger partial charge in [-0.3, -0.25) is 14.7 Å². The summed E-state index contributed by atoms with van der Waals surface area (Å²) in [6.07, 6.45) is 0.621. The van der Waals surface area contributed by atoms with Crippen LogP contribution in [0.3, 0.4) is 0 Å². The lowest BCUT2D eigenvalue weighted by molar-refractivity contribution is 0.0734. The number of aliphatic imine (C=N–C) groups is 1. The second-order valence-corrected chi connectivity index (χ2v) is 6.24. The van der Waals surface area contributed by atoms with Crippen molar-refractivity contribution in [1.29, 1.82) is 0 Å². The number of thiocarbonyl (C=S) groups is 1. The summed E-state index contributed by atoms with van der Waals surface area (Å²) in [5.41, 5.74) is 1.18. The fraction of sp³-hybridized carbons (Fsp3) is 0.211. The standard InChI is InChI=1S/C19H17FN2OS/c1-3-19(2)21-16(13-7-5-4-6-8-13)18(24)22(19)17(23)14-9-11-15(20)12-10-14/h4-12H,3H2,1-2H3. The van der Waals surface area contributed by atoms with Gasteiger partial charge in [-0.15, -0.1) is 0 Å². The van der Waals surface area contributed by atoms with Gasteiger partial charge in [0.2, 0.25) is 0 Å². The molecule has 1 aliphatic heterocycles. The van der Waals surface area contributed by atoms with Crippen molar-refractivity contribution >= 4 is 28.8 Å². The van der Waals surface area contributed by atoms with Crippen molar-refractivity contribution in [2.75, 3.05) is 0 Å². The summed E-state index contributed by atoms with van der Waals surface area (Å²) in [5, 5.41) is 0. The Morgan fingerprint density at radius 2 is 1.79 bits per heavy atom. The number of hydrogen-bond donors (Lipinski definition) is 0. The molecule has 3 nitrogen and oxygen atoms in total. The number of nitrogens with zero attached hydrogens (tertiary/aromatic N) is 2. The molecule has 0 saturated heterocycles. The van der Waals surface area contributed by atoms with E-state index in [2.05, 4.69) is 0 Å². The lowest BCUT2D eigenvalue weighted by Gasteiger charge is -2.31. The molecule has 3 rings (SSSR count). The highest BCUT2D eigenvalue weighted by atomic mass is 32.1. The van der Waals surface area contributed by atoms with Gasteiger partial charge in [-0.25, -0.2) is 4.39 Å². The van der Waals surface area contributed by atoms with Crippen LogP contribution in [-0.2, 0) is 0 Å². The summed E-state index contributed by atoms with van der Waals surface area (Å²) in [6, 6.07) is 15.1. The number of benzene rings is 2. The van der Waals surface area contributed by atoms with E-state index in [1.165, 1.54) is 29.2 Å². The van der Waals surface area contributed by atoms with Crippen molar-refractivity contribution < 1.29 is 9.18 Å². The van der Waals surface area contributed by atoms with Gasteiger partial charge < -0.3 is 0 Å². The number of hydrogen-bond acceptors (Lipinski definition) is 3. The summed E-state index contributed by atoms with van der Waals surface area (Å²) in [5.74, 6) is -0.644. The second kappa shape index (κ2) is 6.24. The third-order valence-corrected chi connectivity index (χ3v) is 4.63. The molecule has 0 fully saturated rings. The molecule has 24 heavy (non-hydrogen) atoms. The molecule has 122 valence electrons. The van der Waals surface area contributed by atoms with Crippen LogP contribution in [0.5, 0.6) is 0 Å². The third kappa shape index (κ3) is 2.76. The van der Waals surface area contributed by atoms with Crippen LogP contribution in [0.2, 0.25) is 0 Å². The smallest absolute Gasteiger partial charge is 0.260 e. The normalized spacial score (nSPS) is 20.2. The Labute approximate surface area is 145 Å². The highest BCUT2D eigenvalue weighted by Crippen LogP contribution is 2.32. The number of rotatable bonds is 3.